The lowest BCUT2D eigenvalue weighted by Gasteiger charge is -2.10. The summed E-state index contributed by atoms with van der Waals surface area (Å²) in [6.07, 6.45) is 0. The van der Waals surface area contributed by atoms with Gasteiger partial charge < -0.3 is 15.2 Å². The van der Waals surface area contributed by atoms with Crippen molar-refractivity contribution in [2.45, 2.75) is 6.61 Å². The van der Waals surface area contributed by atoms with E-state index in [4.69, 9.17) is 27.4 Å². The molecule has 0 spiro atoms. The molecule has 5 heteroatoms. The maximum Gasteiger partial charge on any atom is 0.124 e. The van der Waals surface area contributed by atoms with Crippen LogP contribution in [0.3, 0.4) is 0 Å². The molecule has 0 bridgehead atoms. The maximum absolute atomic E-state index is 13.1. The standard InChI is InChI=1S/C15H14FNO2S/c1-18-13-6-11(15(17)20)7-14(8-13)19-9-10-3-2-4-12(16)5-10/h2-8H,9H2,1H3,(H2,17,20). The van der Waals surface area contributed by atoms with Gasteiger partial charge in [0, 0.05) is 11.6 Å². The lowest BCUT2D eigenvalue weighted by molar-refractivity contribution is 0.303. The highest BCUT2D eigenvalue weighted by Crippen LogP contribution is 2.23. The minimum absolute atomic E-state index is 0.252. The van der Waals surface area contributed by atoms with Crippen LogP contribution in [0, 0.1) is 5.82 Å². The average molecular weight is 291 g/mol. The third-order valence-electron chi connectivity index (χ3n) is 2.69. The van der Waals surface area contributed by atoms with Crippen LogP contribution in [0.2, 0.25) is 0 Å². The molecule has 0 saturated carbocycles. The lowest BCUT2D eigenvalue weighted by atomic mass is 10.2. The zero-order chi connectivity index (χ0) is 14.5. The van der Waals surface area contributed by atoms with E-state index in [9.17, 15) is 4.39 Å². The van der Waals surface area contributed by atoms with Gasteiger partial charge in [0.25, 0.3) is 0 Å². The second-order valence-corrected chi connectivity index (χ2v) is 4.62. The number of methoxy groups -OCH3 is 1. The first-order chi connectivity index (χ1) is 9.58. The Hall–Kier alpha value is -2.14. The summed E-state index contributed by atoms with van der Waals surface area (Å²) in [5.41, 5.74) is 7.01. The van der Waals surface area contributed by atoms with Gasteiger partial charge in [-0.3, -0.25) is 0 Å². The van der Waals surface area contributed by atoms with Crippen LogP contribution in [0.5, 0.6) is 11.5 Å². The van der Waals surface area contributed by atoms with Gasteiger partial charge in [-0.25, -0.2) is 4.39 Å². The van der Waals surface area contributed by atoms with Gasteiger partial charge in [0.05, 0.1) is 7.11 Å². The molecule has 20 heavy (non-hydrogen) atoms. The topological polar surface area (TPSA) is 44.5 Å². The molecule has 0 atom stereocenters. The molecular formula is C15H14FNO2S. The number of rotatable bonds is 5. The smallest absolute Gasteiger partial charge is 0.124 e. The van der Waals surface area contributed by atoms with Crippen LogP contribution in [0.4, 0.5) is 4.39 Å². The van der Waals surface area contributed by atoms with Gasteiger partial charge in [-0.2, -0.15) is 0 Å². The Morgan fingerprint density at radius 3 is 2.60 bits per heavy atom. The molecule has 2 rings (SSSR count). The minimum atomic E-state index is -0.291. The number of hydrogen-bond acceptors (Lipinski definition) is 3. The summed E-state index contributed by atoms with van der Waals surface area (Å²) >= 11 is 4.94. The first kappa shape index (κ1) is 14.3. The van der Waals surface area contributed by atoms with Crippen molar-refractivity contribution in [1.82, 2.24) is 0 Å². The average Bonchev–Trinajstić information content (AvgIpc) is 2.45. The normalized spacial score (nSPS) is 10.1. The van der Waals surface area contributed by atoms with Crippen LogP contribution in [0.15, 0.2) is 42.5 Å². The second-order valence-electron chi connectivity index (χ2n) is 4.18. The predicted molar refractivity (Wildman–Crippen MR) is 79.6 cm³/mol. The molecule has 0 aliphatic rings. The number of nitrogens with two attached hydrogens (primary N) is 1. The highest BCUT2D eigenvalue weighted by molar-refractivity contribution is 7.80. The molecule has 0 fully saturated rings. The molecule has 0 amide bonds. The van der Waals surface area contributed by atoms with Crippen LogP contribution in [0.1, 0.15) is 11.1 Å². The predicted octanol–water partition coefficient (Wildman–Crippen LogP) is 3.05. The van der Waals surface area contributed by atoms with Crippen molar-refractivity contribution in [2.75, 3.05) is 7.11 Å². The number of halogens is 1. The van der Waals surface area contributed by atoms with E-state index in [1.807, 2.05) is 0 Å². The molecule has 0 heterocycles. The van der Waals surface area contributed by atoms with E-state index in [-0.39, 0.29) is 17.4 Å². The first-order valence-corrected chi connectivity index (χ1v) is 6.35. The molecule has 0 radical (unpaired) electrons. The summed E-state index contributed by atoms with van der Waals surface area (Å²) < 4.78 is 23.9. The highest BCUT2D eigenvalue weighted by Gasteiger charge is 2.05. The van der Waals surface area contributed by atoms with Crippen LogP contribution in [0.25, 0.3) is 0 Å². The largest absolute Gasteiger partial charge is 0.497 e. The summed E-state index contributed by atoms with van der Waals surface area (Å²) in [5.74, 6) is 0.876. The van der Waals surface area contributed by atoms with Crippen molar-refractivity contribution in [3.05, 3.63) is 59.4 Å². The van der Waals surface area contributed by atoms with Crippen molar-refractivity contribution >= 4 is 17.2 Å². The third-order valence-corrected chi connectivity index (χ3v) is 2.93. The summed E-state index contributed by atoms with van der Waals surface area (Å²) in [4.78, 5) is 0.263. The first-order valence-electron chi connectivity index (χ1n) is 5.94. The number of ether oxygens (including phenoxy) is 2. The summed E-state index contributed by atoms with van der Waals surface area (Å²) in [6, 6.07) is 11.4. The Morgan fingerprint density at radius 1 is 1.20 bits per heavy atom. The fourth-order valence-electron chi connectivity index (χ4n) is 1.71. The molecule has 0 aliphatic carbocycles. The van der Waals surface area contributed by atoms with Crippen molar-refractivity contribution in [2.24, 2.45) is 5.73 Å². The zero-order valence-corrected chi connectivity index (χ0v) is 11.7. The second kappa shape index (κ2) is 6.34. The minimum Gasteiger partial charge on any atom is -0.497 e. The third kappa shape index (κ3) is 3.68. The van der Waals surface area contributed by atoms with Crippen molar-refractivity contribution in [3.8, 4) is 11.5 Å². The van der Waals surface area contributed by atoms with Gasteiger partial charge in [-0.15, -0.1) is 0 Å². The number of benzene rings is 2. The molecule has 0 aromatic heterocycles. The van der Waals surface area contributed by atoms with Crippen molar-refractivity contribution < 1.29 is 13.9 Å². The number of hydrogen-bond donors (Lipinski definition) is 1. The van der Waals surface area contributed by atoms with E-state index < -0.39 is 0 Å². The molecule has 2 aromatic rings. The SMILES string of the molecule is COc1cc(OCc2cccc(F)c2)cc(C(N)=S)c1. The van der Waals surface area contributed by atoms with Crippen LogP contribution in [-0.4, -0.2) is 12.1 Å². The summed E-state index contributed by atoms with van der Waals surface area (Å²) in [7, 11) is 1.55. The Morgan fingerprint density at radius 2 is 1.95 bits per heavy atom. The zero-order valence-electron chi connectivity index (χ0n) is 10.9. The number of thiocarbonyl (C=S) groups is 1. The van der Waals surface area contributed by atoms with E-state index in [1.165, 1.54) is 12.1 Å². The maximum atomic E-state index is 13.1. The molecule has 0 saturated heterocycles. The monoisotopic (exact) mass is 291 g/mol. The molecule has 0 aliphatic heterocycles. The molecule has 3 nitrogen and oxygen atoms in total. The Kier molecular flexibility index (Phi) is 4.53. The van der Waals surface area contributed by atoms with Gasteiger partial charge in [0.1, 0.15) is 28.9 Å². The fourth-order valence-corrected chi connectivity index (χ4v) is 1.83. The van der Waals surface area contributed by atoms with Gasteiger partial charge in [-0.1, -0.05) is 24.4 Å². The quantitative estimate of drug-likeness (QED) is 0.860. The van der Waals surface area contributed by atoms with E-state index >= 15 is 0 Å². The molecule has 104 valence electrons. The summed E-state index contributed by atoms with van der Waals surface area (Å²) in [6.45, 7) is 0.252. The van der Waals surface area contributed by atoms with E-state index in [1.54, 1.807) is 37.4 Å². The van der Waals surface area contributed by atoms with Gasteiger partial charge in [0.15, 0.2) is 0 Å². The van der Waals surface area contributed by atoms with E-state index in [0.717, 1.165) is 5.56 Å². The van der Waals surface area contributed by atoms with E-state index in [2.05, 4.69) is 0 Å². The fraction of sp³-hybridized carbons (Fsp3) is 0.133. The molecule has 0 unspecified atom stereocenters. The van der Waals surface area contributed by atoms with Crippen LogP contribution < -0.4 is 15.2 Å². The van der Waals surface area contributed by atoms with Crippen molar-refractivity contribution in [3.63, 3.8) is 0 Å². The van der Waals surface area contributed by atoms with Crippen molar-refractivity contribution in [1.29, 1.82) is 0 Å². The van der Waals surface area contributed by atoms with Gasteiger partial charge in [0.2, 0.25) is 0 Å². The lowest BCUT2D eigenvalue weighted by Crippen LogP contribution is -2.09. The Bertz CT molecular complexity index is 631. The Balaban J connectivity index is 2.16. The van der Waals surface area contributed by atoms with Crippen LogP contribution >= 0.6 is 12.2 Å². The molecule has 2 aromatic carbocycles. The molecular weight excluding hydrogens is 277 g/mol. The van der Waals surface area contributed by atoms with Gasteiger partial charge in [-0.05, 0) is 29.8 Å². The highest BCUT2D eigenvalue weighted by atomic mass is 32.1. The summed E-state index contributed by atoms with van der Waals surface area (Å²) in [5, 5.41) is 0. The molecule has 2 N–H and O–H groups in total. The van der Waals surface area contributed by atoms with Gasteiger partial charge >= 0.3 is 0 Å². The Labute approximate surface area is 122 Å². The van der Waals surface area contributed by atoms with Crippen LogP contribution in [-0.2, 0) is 6.61 Å². The van der Waals surface area contributed by atoms with E-state index in [0.29, 0.717) is 17.1 Å².